The number of H-pyrrole nitrogens is 1. The van der Waals surface area contributed by atoms with Gasteiger partial charge >= 0.3 is 0 Å². The van der Waals surface area contributed by atoms with Gasteiger partial charge in [-0.15, -0.1) is 0 Å². The second kappa shape index (κ2) is 7.37. The molecule has 2 aromatic rings. The molecule has 1 fully saturated rings. The number of aryl methyl sites for hydroxylation is 1. The number of aromatic amines is 1. The molecule has 122 valence electrons. The largest absolute Gasteiger partial charge is 0.351 e. The van der Waals surface area contributed by atoms with Gasteiger partial charge in [0.1, 0.15) is 0 Å². The van der Waals surface area contributed by atoms with E-state index in [1.807, 2.05) is 0 Å². The van der Waals surface area contributed by atoms with Crippen LogP contribution in [0.2, 0.25) is 0 Å². The van der Waals surface area contributed by atoms with E-state index in [1.54, 1.807) is 6.92 Å². The molecule has 0 unspecified atom stereocenters. The van der Waals surface area contributed by atoms with Crippen LogP contribution in [0.15, 0.2) is 30.3 Å². The van der Waals surface area contributed by atoms with Crippen LogP contribution in [0.4, 0.5) is 0 Å². The molecule has 1 aromatic carbocycles. The Morgan fingerprint density at radius 3 is 2.91 bits per heavy atom. The van der Waals surface area contributed by atoms with E-state index in [-0.39, 0.29) is 5.91 Å². The third-order valence-corrected chi connectivity index (χ3v) is 4.39. The number of likely N-dealkylation sites (tertiary alicyclic amines) is 1. The lowest BCUT2D eigenvalue weighted by Crippen LogP contribution is -2.27. The van der Waals surface area contributed by atoms with Crippen LogP contribution >= 0.6 is 0 Å². The van der Waals surface area contributed by atoms with Crippen LogP contribution < -0.4 is 5.32 Å². The average Bonchev–Trinajstić information content (AvgIpc) is 3.17. The lowest BCUT2D eigenvalue weighted by Gasteiger charge is -2.16. The number of aromatic nitrogens is 3. The Labute approximate surface area is 136 Å². The molecule has 1 aliphatic heterocycles. The van der Waals surface area contributed by atoms with Crippen LogP contribution in [0, 0.1) is 12.8 Å². The first-order valence-corrected chi connectivity index (χ1v) is 8.14. The molecule has 2 N–H and O–H groups in total. The second-order valence-corrected chi connectivity index (χ2v) is 6.18. The summed E-state index contributed by atoms with van der Waals surface area (Å²) in [5, 5.41) is 13.1. The SMILES string of the molecule is Cc1n[nH]nc1C(=O)NCC[C@@H]1CCN(Cc2ccccc2)C1. The molecule has 1 atom stereocenters. The fourth-order valence-electron chi connectivity index (χ4n) is 3.11. The summed E-state index contributed by atoms with van der Waals surface area (Å²) in [5.41, 5.74) is 2.39. The van der Waals surface area contributed by atoms with Crippen LogP contribution in [0.5, 0.6) is 0 Å². The van der Waals surface area contributed by atoms with E-state index in [0.717, 1.165) is 26.1 Å². The summed E-state index contributed by atoms with van der Waals surface area (Å²) >= 11 is 0. The van der Waals surface area contributed by atoms with Gasteiger partial charge in [0.25, 0.3) is 5.91 Å². The summed E-state index contributed by atoms with van der Waals surface area (Å²) in [6.45, 7) is 5.72. The third kappa shape index (κ3) is 4.16. The second-order valence-electron chi connectivity index (χ2n) is 6.18. The Morgan fingerprint density at radius 1 is 1.35 bits per heavy atom. The van der Waals surface area contributed by atoms with Crippen molar-refractivity contribution in [2.45, 2.75) is 26.3 Å². The summed E-state index contributed by atoms with van der Waals surface area (Å²) in [5.74, 6) is 0.507. The number of rotatable bonds is 6. The van der Waals surface area contributed by atoms with Crippen molar-refractivity contribution in [2.24, 2.45) is 5.92 Å². The lowest BCUT2D eigenvalue weighted by molar-refractivity contribution is 0.0946. The summed E-state index contributed by atoms with van der Waals surface area (Å²) in [4.78, 5) is 14.5. The van der Waals surface area contributed by atoms with Crippen LogP contribution in [0.3, 0.4) is 0 Å². The highest BCUT2D eigenvalue weighted by Gasteiger charge is 2.22. The predicted molar refractivity (Wildman–Crippen MR) is 87.9 cm³/mol. The number of hydrogen-bond acceptors (Lipinski definition) is 4. The van der Waals surface area contributed by atoms with Crippen molar-refractivity contribution in [1.82, 2.24) is 25.6 Å². The number of nitrogens with one attached hydrogen (secondary N) is 2. The van der Waals surface area contributed by atoms with E-state index in [1.165, 1.54) is 12.0 Å². The Balaban J connectivity index is 1.39. The van der Waals surface area contributed by atoms with Crippen molar-refractivity contribution in [3.63, 3.8) is 0 Å². The Hall–Kier alpha value is -2.21. The number of carbonyl (C=O) groups is 1. The van der Waals surface area contributed by atoms with E-state index in [0.29, 0.717) is 23.9 Å². The molecule has 1 aliphatic rings. The molecule has 3 rings (SSSR count). The zero-order valence-corrected chi connectivity index (χ0v) is 13.5. The summed E-state index contributed by atoms with van der Waals surface area (Å²) in [7, 11) is 0. The molecule has 0 radical (unpaired) electrons. The molecule has 0 spiro atoms. The van der Waals surface area contributed by atoms with Gasteiger partial charge < -0.3 is 5.32 Å². The van der Waals surface area contributed by atoms with Crippen molar-refractivity contribution in [1.29, 1.82) is 0 Å². The minimum Gasteiger partial charge on any atom is -0.351 e. The molecule has 6 heteroatoms. The molecule has 2 heterocycles. The first-order chi connectivity index (χ1) is 11.2. The van der Waals surface area contributed by atoms with Crippen molar-refractivity contribution in [3.05, 3.63) is 47.3 Å². The van der Waals surface area contributed by atoms with Crippen molar-refractivity contribution < 1.29 is 4.79 Å². The smallest absolute Gasteiger partial charge is 0.273 e. The minimum atomic E-state index is -0.143. The topological polar surface area (TPSA) is 73.9 Å². The summed E-state index contributed by atoms with van der Waals surface area (Å²) in [6, 6.07) is 10.6. The van der Waals surface area contributed by atoms with Gasteiger partial charge in [-0.3, -0.25) is 9.69 Å². The number of carbonyl (C=O) groups excluding carboxylic acids is 1. The third-order valence-electron chi connectivity index (χ3n) is 4.39. The zero-order valence-electron chi connectivity index (χ0n) is 13.5. The highest BCUT2D eigenvalue weighted by molar-refractivity contribution is 5.93. The maximum atomic E-state index is 12.0. The van der Waals surface area contributed by atoms with Gasteiger partial charge in [0.2, 0.25) is 0 Å². The van der Waals surface area contributed by atoms with Gasteiger partial charge in [-0.25, -0.2) is 0 Å². The fourth-order valence-corrected chi connectivity index (χ4v) is 3.11. The molecule has 1 aromatic heterocycles. The number of amides is 1. The lowest BCUT2D eigenvalue weighted by atomic mass is 10.1. The molecule has 0 bridgehead atoms. The average molecular weight is 313 g/mol. The molecule has 0 saturated carbocycles. The molecular formula is C17H23N5O. The quantitative estimate of drug-likeness (QED) is 0.852. The fraction of sp³-hybridized carbons (Fsp3) is 0.471. The molecule has 1 amide bonds. The normalized spacial score (nSPS) is 18.2. The van der Waals surface area contributed by atoms with Gasteiger partial charge in [0.15, 0.2) is 5.69 Å². The first-order valence-electron chi connectivity index (χ1n) is 8.14. The minimum absolute atomic E-state index is 0.143. The van der Waals surface area contributed by atoms with Gasteiger partial charge in [-0.05, 0) is 37.8 Å². The maximum Gasteiger partial charge on any atom is 0.273 e. The van der Waals surface area contributed by atoms with Crippen LogP contribution in [-0.4, -0.2) is 45.9 Å². The van der Waals surface area contributed by atoms with E-state index in [4.69, 9.17) is 0 Å². The van der Waals surface area contributed by atoms with E-state index in [9.17, 15) is 4.79 Å². The standard InChI is InChI=1S/C17H23N5O/c1-13-16(20-21-19-13)17(23)18-9-7-15-8-10-22(12-15)11-14-5-3-2-4-6-14/h2-6,15H,7-12H2,1H3,(H,18,23)(H,19,20,21)/t15-/m1/s1. The zero-order chi connectivity index (χ0) is 16.1. The monoisotopic (exact) mass is 313 g/mol. The van der Waals surface area contributed by atoms with Crippen LogP contribution in [0.1, 0.15) is 34.6 Å². The van der Waals surface area contributed by atoms with Crippen LogP contribution in [-0.2, 0) is 6.54 Å². The van der Waals surface area contributed by atoms with Crippen molar-refractivity contribution >= 4 is 5.91 Å². The summed E-state index contributed by atoms with van der Waals surface area (Å²) < 4.78 is 0. The van der Waals surface area contributed by atoms with E-state index >= 15 is 0 Å². The van der Waals surface area contributed by atoms with Crippen molar-refractivity contribution in [2.75, 3.05) is 19.6 Å². The summed E-state index contributed by atoms with van der Waals surface area (Å²) in [6.07, 6.45) is 2.21. The first kappa shape index (κ1) is 15.7. The number of nitrogens with zero attached hydrogens (tertiary/aromatic N) is 3. The Bertz CT molecular complexity index is 639. The molecule has 0 aliphatic carbocycles. The van der Waals surface area contributed by atoms with Crippen LogP contribution in [0.25, 0.3) is 0 Å². The van der Waals surface area contributed by atoms with E-state index < -0.39 is 0 Å². The molecule has 6 nitrogen and oxygen atoms in total. The molecule has 1 saturated heterocycles. The maximum absolute atomic E-state index is 12.0. The Kier molecular flexibility index (Phi) is 5.02. The molecular weight excluding hydrogens is 290 g/mol. The van der Waals surface area contributed by atoms with Gasteiger partial charge in [0.05, 0.1) is 5.69 Å². The highest BCUT2D eigenvalue weighted by atomic mass is 16.2. The van der Waals surface area contributed by atoms with Gasteiger partial charge in [-0.2, -0.15) is 15.4 Å². The van der Waals surface area contributed by atoms with Gasteiger partial charge in [0, 0.05) is 19.6 Å². The molecule has 23 heavy (non-hydrogen) atoms. The highest BCUT2D eigenvalue weighted by Crippen LogP contribution is 2.21. The number of hydrogen-bond donors (Lipinski definition) is 2. The Morgan fingerprint density at radius 2 is 2.17 bits per heavy atom. The number of benzene rings is 1. The van der Waals surface area contributed by atoms with Gasteiger partial charge in [-0.1, -0.05) is 30.3 Å². The van der Waals surface area contributed by atoms with Crippen molar-refractivity contribution in [3.8, 4) is 0 Å². The van der Waals surface area contributed by atoms with E-state index in [2.05, 4.69) is 56.0 Å². The predicted octanol–water partition coefficient (Wildman–Crippen LogP) is 1.76.